The van der Waals surface area contributed by atoms with Crippen LogP contribution in [0.3, 0.4) is 0 Å². The topological polar surface area (TPSA) is 144 Å². The number of nitrogens with zero attached hydrogens (tertiary/aromatic N) is 6. The quantitative estimate of drug-likeness (QED) is 0.286. The summed E-state index contributed by atoms with van der Waals surface area (Å²) in [6.07, 6.45) is 3.60. The highest BCUT2D eigenvalue weighted by atomic mass is 19.1. The number of hydrogen-bond donors (Lipinski definition) is 3. The molecule has 3 aliphatic rings. The Bertz CT molecular complexity index is 1430. The van der Waals surface area contributed by atoms with E-state index in [4.69, 9.17) is 25.2 Å². The molecule has 2 saturated heterocycles. The van der Waals surface area contributed by atoms with Gasteiger partial charge in [-0.25, -0.2) is 14.4 Å². The number of carbonyl (C=O) groups is 1. The van der Waals surface area contributed by atoms with Gasteiger partial charge in [-0.1, -0.05) is 0 Å². The number of anilines is 2. The van der Waals surface area contributed by atoms with Crippen molar-refractivity contribution in [2.24, 2.45) is 11.7 Å². The molecule has 13 heteroatoms. The number of nitrogens with one attached hydrogen (secondary N) is 2. The normalized spacial score (nSPS) is 20.0. The highest BCUT2D eigenvalue weighted by Crippen LogP contribution is 2.46. The number of benzene rings is 1. The standard InChI is InChI=1S/C28H34FN9O3/c1-16-33-12-18(13-34-16)41-28-35-24-11-19-20(9-17(29)10-23(19)31-2)25(24)26(36-28)38-14-21(22(30)15-38)27(39)32-3-4-37-5-7-40-8-6-37/h9-10,12-13,21-22,31H,3-8,11,14-15,30H2,1-2H3,(H,32,39). The Morgan fingerprint density at radius 1 is 1.20 bits per heavy atom. The van der Waals surface area contributed by atoms with E-state index >= 15 is 0 Å². The van der Waals surface area contributed by atoms with Gasteiger partial charge >= 0.3 is 6.01 Å². The fourth-order valence-electron chi connectivity index (χ4n) is 5.70. The van der Waals surface area contributed by atoms with E-state index in [-0.39, 0.29) is 17.7 Å². The fraction of sp³-hybridized carbons (Fsp3) is 0.464. The molecule has 2 atom stereocenters. The Labute approximate surface area is 237 Å². The molecule has 1 aromatic carbocycles. The Morgan fingerprint density at radius 3 is 2.73 bits per heavy atom. The van der Waals surface area contributed by atoms with E-state index in [1.165, 1.54) is 12.1 Å². The summed E-state index contributed by atoms with van der Waals surface area (Å²) in [6.45, 7) is 7.02. The average Bonchev–Trinajstić information content (AvgIpc) is 3.54. The first-order chi connectivity index (χ1) is 19.9. The first-order valence-electron chi connectivity index (χ1n) is 13.9. The summed E-state index contributed by atoms with van der Waals surface area (Å²) in [5.41, 5.74) is 10.3. The second-order valence-electron chi connectivity index (χ2n) is 10.5. The summed E-state index contributed by atoms with van der Waals surface area (Å²) < 4.78 is 26.0. The van der Waals surface area contributed by atoms with Crippen molar-refractivity contribution in [3.63, 3.8) is 0 Å². The Morgan fingerprint density at radius 2 is 1.98 bits per heavy atom. The fourth-order valence-corrected chi connectivity index (χ4v) is 5.70. The molecule has 0 saturated carbocycles. The SMILES string of the molecule is CNc1cc(F)cc2c1Cc1nc(Oc3cnc(C)nc3)nc(N3CC(N)C(C(=O)NCCN4CCOCC4)C3)c1-2. The molecular weight excluding hydrogens is 529 g/mol. The first-order valence-corrected chi connectivity index (χ1v) is 13.9. The van der Waals surface area contributed by atoms with Crippen LogP contribution >= 0.6 is 0 Å². The van der Waals surface area contributed by atoms with Gasteiger partial charge in [0.05, 0.1) is 37.2 Å². The number of hydrogen-bond acceptors (Lipinski definition) is 11. The lowest BCUT2D eigenvalue weighted by molar-refractivity contribution is -0.124. The Hall–Kier alpha value is -3.94. The Kier molecular flexibility index (Phi) is 7.65. The van der Waals surface area contributed by atoms with Crippen molar-refractivity contribution in [2.75, 3.05) is 69.7 Å². The number of morpholine rings is 1. The third-order valence-corrected chi connectivity index (χ3v) is 7.84. The molecule has 4 N–H and O–H groups in total. The maximum Gasteiger partial charge on any atom is 0.324 e. The van der Waals surface area contributed by atoms with E-state index in [1.807, 2.05) is 4.90 Å². The number of aryl methyl sites for hydroxylation is 1. The molecule has 2 fully saturated rings. The minimum Gasteiger partial charge on any atom is -0.421 e. The number of fused-ring (bicyclic) bond motifs is 3. The molecule has 2 aliphatic heterocycles. The smallest absolute Gasteiger partial charge is 0.324 e. The maximum atomic E-state index is 14.7. The summed E-state index contributed by atoms with van der Waals surface area (Å²) >= 11 is 0. The zero-order chi connectivity index (χ0) is 28.5. The van der Waals surface area contributed by atoms with Gasteiger partial charge in [0.15, 0.2) is 5.75 Å². The monoisotopic (exact) mass is 563 g/mol. The molecular formula is C28H34FN9O3. The van der Waals surface area contributed by atoms with Crippen LogP contribution in [0.1, 0.15) is 17.1 Å². The van der Waals surface area contributed by atoms with Crippen LogP contribution in [-0.4, -0.2) is 96.3 Å². The van der Waals surface area contributed by atoms with Crippen molar-refractivity contribution in [3.8, 4) is 22.9 Å². The molecule has 41 heavy (non-hydrogen) atoms. The third-order valence-electron chi connectivity index (χ3n) is 7.84. The van der Waals surface area contributed by atoms with Crippen LogP contribution < -0.4 is 26.0 Å². The number of rotatable bonds is 8. The van der Waals surface area contributed by atoms with E-state index in [1.54, 1.807) is 26.4 Å². The minimum absolute atomic E-state index is 0.0869. The number of carbonyl (C=O) groups excluding carboxylic acids is 1. The second-order valence-corrected chi connectivity index (χ2v) is 10.5. The molecule has 1 aliphatic carbocycles. The van der Waals surface area contributed by atoms with Gasteiger partial charge in [-0.05, 0) is 30.2 Å². The highest BCUT2D eigenvalue weighted by Gasteiger charge is 2.39. The largest absolute Gasteiger partial charge is 0.421 e. The zero-order valence-corrected chi connectivity index (χ0v) is 23.2. The van der Waals surface area contributed by atoms with Gasteiger partial charge in [0, 0.05) is 70.0 Å². The van der Waals surface area contributed by atoms with Crippen LogP contribution in [0.5, 0.6) is 11.8 Å². The highest BCUT2D eigenvalue weighted by molar-refractivity contribution is 5.89. The van der Waals surface area contributed by atoms with Gasteiger partial charge < -0.3 is 30.7 Å². The molecule has 4 heterocycles. The summed E-state index contributed by atoms with van der Waals surface area (Å²) in [7, 11) is 1.76. The van der Waals surface area contributed by atoms with Crippen LogP contribution in [0, 0.1) is 18.7 Å². The molecule has 0 spiro atoms. The predicted molar refractivity (Wildman–Crippen MR) is 151 cm³/mol. The molecule has 0 bridgehead atoms. The van der Waals surface area contributed by atoms with E-state index in [2.05, 4.69) is 25.5 Å². The number of nitrogens with two attached hydrogens (primary N) is 1. The van der Waals surface area contributed by atoms with Crippen LogP contribution in [0.4, 0.5) is 15.9 Å². The molecule has 3 aromatic rings. The van der Waals surface area contributed by atoms with Gasteiger partial charge in [0.1, 0.15) is 17.5 Å². The number of amides is 1. The molecule has 216 valence electrons. The molecule has 2 unspecified atom stereocenters. The van der Waals surface area contributed by atoms with Gasteiger partial charge in [0.2, 0.25) is 5.91 Å². The number of halogens is 1. The van der Waals surface area contributed by atoms with Crippen molar-refractivity contribution in [1.82, 2.24) is 30.2 Å². The summed E-state index contributed by atoms with van der Waals surface area (Å²) in [5.74, 6) is 0.695. The summed E-state index contributed by atoms with van der Waals surface area (Å²) in [6, 6.07) is 2.70. The second kappa shape index (κ2) is 11.5. The van der Waals surface area contributed by atoms with Gasteiger partial charge in [0.25, 0.3) is 0 Å². The predicted octanol–water partition coefficient (Wildman–Crippen LogP) is 1.33. The van der Waals surface area contributed by atoms with E-state index in [0.717, 1.165) is 36.3 Å². The molecule has 0 radical (unpaired) electrons. The van der Waals surface area contributed by atoms with E-state index in [0.29, 0.717) is 68.0 Å². The number of ether oxygens (including phenoxy) is 2. The van der Waals surface area contributed by atoms with Crippen LogP contribution in [-0.2, 0) is 16.0 Å². The molecule has 2 aromatic heterocycles. The zero-order valence-electron chi connectivity index (χ0n) is 23.2. The van der Waals surface area contributed by atoms with Gasteiger partial charge in [-0.15, -0.1) is 0 Å². The van der Waals surface area contributed by atoms with Crippen LogP contribution in [0.2, 0.25) is 0 Å². The minimum atomic E-state index is -0.429. The molecule has 1 amide bonds. The Balaban J connectivity index is 1.27. The van der Waals surface area contributed by atoms with Crippen molar-refractivity contribution in [1.29, 1.82) is 0 Å². The van der Waals surface area contributed by atoms with Crippen molar-refractivity contribution < 1.29 is 18.7 Å². The molecule has 6 rings (SSSR count). The van der Waals surface area contributed by atoms with Crippen molar-refractivity contribution in [3.05, 3.63) is 47.4 Å². The maximum absolute atomic E-state index is 14.7. The lowest BCUT2D eigenvalue weighted by atomic mass is 10.0. The van der Waals surface area contributed by atoms with E-state index < -0.39 is 12.0 Å². The van der Waals surface area contributed by atoms with Gasteiger partial charge in [-0.2, -0.15) is 9.97 Å². The van der Waals surface area contributed by atoms with Crippen LogP contribution in [0.25, 0.3) is 11.1 Å². The number of aromatic nitrogens is 4. The van der Waals surface area contributed by atoms with E-state index in [9.17, 15) is 9.18 Å². The lowest BCUT2D eigenvalue weighted by Crippen LogP contribution is -2.45. The molecule has 12 nitrogen and oxygen atoms in total. The first kappa shape index (κ1) is 27.2. The third kappa shape index (κ3) is 5.65. The van der Waals surface area contributed by atoms with Crippen LogP contribution in [0.15, 0.2) is 24.5 Å². The lowest BCUT2D eigenvalue weighted by Gasteiger charge is -2.26. The van der Waals surface area contributed by atoms with Gasteiger partial charge in [-0.3, -0.25) is 9.69 Å². The summed E-state index contributed by atoms with van der Waals surface area (Å²) in [4.78, 5) is 35.3. The summed E-state index contributed by atoms with van der Waals surface area (Å²) in [5, 5.41) is 6.15. The van der Waals surface area contributed by atoms with Crippen molar-refractivity contribution >= 4 is 17.4 Å². The average molecular weight is 564 g/mol. The van der Waals surface area contributed by atoms with Crippen molar-refractivity contribution in [2.45, 2.75) is 19.4 Å².